The first-order chi connectivity index (χ1) is 20.0. The molecular formula is C33H38N6O2. The summed E-state index contributed by atoms with van der Waals surface area (Å²) in [7, 11) is 1.87. The lowest BCUT2D eigenvalue weighted by molar-refractivity contribution is -0.104. The van der Waals surface area contributed by atoms with E-state index in [9.17, 15) is 10.1 Å². The summed E-state index contributed by atoms with van der Waals surface area (Å²) in [6, 6.07) is 2.60. The van der Waals surface area contributed by atoms with Crippen molar-refractivity contribution < 1.29 is 9.53 Å². The summed E-state index contributed by atoms with van der Waals surface area (Å²) >= 11 is 0. The molecule has 1 atom stereocenters. The number of ether oxygens (including phenoxy) is 1. The molecule has 0 fully saturated rings. The van der Waals surface area contributed by atoms with Crippen LogP contribution in [0.15, 0.2) is 108 Å². The number of nitrogens with zero attached hydrogens (tertiary/aromatic N) is 3. The zero-order valence-corrected chi connectivity index (χ0v) is 24.3. The number of nitrogens with one attached hydrogen (secondary N) is 3. The highest BCUT2D eigenvalue weighted by Crippen LogP contribution is 2.31. The molecule has 8 heteroatoms. The van der Waals surface area contributed by atoms with Crippen LogP contribution in [0.5, 0.6) is 0 Å². The maximum absolute atomic E-state index is 10.1. The third-order valence-electron chi connectivity index (χ3n) is 6.21. The number of allylic oxidation sites excluding steroid dienone is 11. The van der Waals surface area contributed by atoms with Gasteiger partial charge in [0.1, 0.15) is 17.6 Å². The molecule has 0 aromatic carbocycles. The van der Waals surface area contributed by atoms with Gasteiger partial charge in [0.2, 0.25) is 0 Å². The Hall–Kier alpha value is -5.03. The lowest BCUT2D eigenvalue weighted by Gasteiger charge is -2.11. The number of carbonyl (C=O) groups is 1. The van der Waals surface area contributed by atoms with Crippen molar-refractivity contribution in [3.05, 3.63) is 119 Å². The van der Waals surface area contributed by atoms with Gasteiger partial charge in [0.15, 0.2) is 6.29 Å². The van der Waals surface area contributed by atoms with Gasteiger partial charge in [-0.15, -0.1) is 0 Å². The highest BCUT2D eigenvalue weighted by molar-refractivity contribution is 5.86. The van der Waals surface area contributed by atoms with E-state index in [1.807, 2.05) is 89.5 Å². The Morgan fingerprint density at radius 1 is 1.15 bits per heavy atom. The van der Waals surface area contributed by atoms with E-state index in [0.717, 1.165) is 52.4 Å². The van der Waals surface area contributed by atoms with Crippen LogP contribution in [0.25, 0.3) is 5.52 Å². The molecule has 8 nitrogen and oxygen atoms in total. The highest BCUT2D eigenvalue weighted by atomic mass is 16.5. The van der Waals surface area contributed by atoms with Gasteiger partial charge >= 0.3 is 0 Å². The second kappa shape index (κ2) is 15.5. The molecule has 3 aliphatic rings. The van der Waals surface area contributed by atoms with Crippen LogP contribution in [0.3, 0.4) is 0 Å². The van der Waals surface area contributed by atoms with Crippen LogP contribution in [0.4, 0.5) is 11.4 Å². The van der Waals surface area contributed by atoms with Crippen molar-refractivity contribution in [2.75, 3.05) is 17.7 Å². The first-order valence-electron chi connectivity index (χ1n) is 13.8. The normalized spacial score (nSPS) is 16.9. The molecule has 2 aromatic heterocycles. The van der Waals surface area contributed by atoms with Crippen LogP contribution < -0.4 is 16.0 Å². The minimum absolute atomic E-state index is 0.355. The molecule has 2 aromatic rings. The van der Waals surface area contributed by atoms with Gasteiger partial charge < -0.3 is 20.7 Å². The summed E-state index contributed by atoms with van der Waals surface area (Å²) in [5.74, 6) is 1.59. The van der Waals surface area contributed by atoms with Crippen molar-refractivity contribution in [1.82, 2.24) is 14.9 Å². The van der Waals surface area contributed by atoms with Crippen molar-refractivity contribution in [2.24, 2.45) is 0 Å². The number of nitriles is 1. The average molecular weight is 551 g/mol. The van der Waals surface area contributed by atoms with Crippen molar-refractivity contribution >= 4 is 23.2 Å². The molecule has 0 amide bonds. The van der Waals surface area contributed by atoms with Crippen molar-refractivity contribution in [3.8, 4) is 6.07 Å². The van der Waals surface area contributed by atoms with Gasteiger partial charge in [0, 0.05) is 36.1 Å². The van der Waals surface area contributed by atoms with Crippen LogP contribution in [0.1, 0.15) is 44.7 Å². The number of aromatic nitrogens is 2. The quantitative estimate of drug-likeness (QED) is 0.342. The second-order valence-electron chi connectivity index (χ2n) is 9.03. The van der Waals surface area contributed by atoms with E-state index in [1.165, 1.54) is 0 Å². The SMILES string of the molecule is CC.CC1C=CC(C=O)=CN1.CNc1cn2ncc(C#N)c(NC3=CCC=C(OC4=CC=CCC=C4)C=C3)c2c1C. The maximum Gasteiger partial charge on any atom is 0.151 e. The summed E-state index contributed by atoms with van der Waals surface area (Å²) in [4.78, 5) is 10.1. The zero-order chi connectivity index (χ0) is 29.6. The Morgan fingerprint density at radius 3 is 2.68 bits per heavy atom. The number of aldehydes is 1. The van der Waals surface area contributed by atoms with Gasteiger partial charge in [0.05, 0.1) is 34.8 Å². The van der Waals surface area contributed by atoms with E-state index in [0.29, 0.717) is 23.6 Å². The number of fused-ring (bicyclic) bond motifs is 1. The molecule has 1 unspecified atom stereocenters. The van der Waals surface area contributed by atoms with Gasteiger partial charge in [-0.25, -0.2) is 4.52 Å². The first-order valence-corrected chi connectivity index (χ1v) is 13.8. The molecule has 41 heavy (non-hydrogen) atoms. The van der Waals surface area contributed by atoms with Crippen LogP contribution in [0.2, 0.25) is 0 Å². The molecule has 212 valence electrons. The molecule has 0 saturated heterocycles. The molecular weight excluding hydrogens is 512 g/mol. The summed E-state index contributed by atoms with van der Waals surface area (Å²) in [5, 5.41) is 23.6. The topological polar surface area (TPSA) is 103 Å². The Kier molecular flexibility index (Phi) is 11.6. The third-order valence-corrected chi connectivity index (χ3v) is 6.21. The molecule has 0 spiro atoms. The number of hydrogen-bond acceptors (Lipinski definition) is 7. The predicted molar refractivity (Wildman–Crippen MR) is 167 cm³/mol. The van der Waals surface area contributed by atoms with Crippen LogP contribution in [0, 0.1) is 18.3 Å². The van der Waals surface area contributed by atoms with E-state index < -0.39 is 0 Å². The predicted octanol–water partition coefficient (Wildman–Crippen LogP) is 6.76. The minimum atomic E-state index is 0.355. The minimum Gasteiger partial charge on any atom is -0.458 e. The number of anilines is 2. The standard InChI is InChI=1S/C24H23N5O.C7H9NO.C2H6/c1-17-22(26-2)16-29-24(17)23(18(14-25)15-27-29)28-19-8-7-11-21(13-12-19)30-20-9-5-3-4-6-10-20;1-6-2-3-7(5-9)4-8-6;1-2/h3,5-6,8-13,15-16,26,28H,4,7H2,1-2H3;2-6,8H,1H3;1-2H3. The lowest BCUT2D eigenvalue weighted by Crippen LogP contribution is -2.20. The fraction of sp³-hybridized carbons (Fsp3) is 0.242. The Bertz CT molecular complexity index is 1520. The molecule has 5 rings (SSSR count). The zero-order valence-electron chi connectivity index (χ0n) is 24.3. The number of rotatable bonds is 6. The molecule has 3 heterocycles. The molecule has 0 bridgehead atoms. The fourth-order valence-electron chi connectivity index (χ4n) is 4.10. The summed E-state index contributed by atoms with van der Waals surface area (Å²) in [5.41, 5.74) is 5.72. The lowest BCUT2D eigenvalue weighted by atomic mass is 10.1. The molecule has 0 radical (unpaired) electrons. The van der Waals surface area contributed by atoms with Gasteiger partial charge in [-0.1, -0.05) is 50.3 Å². The number of hydrogen-bond donors (Lipinski definition) is 3. The molecule has 0 saturated carbocycles. The van der Waals surface area contributed by atoms with E-state index in [-0.39, 0.29) is 0 Å². The van der Waals surface area contributed by atoms with E-state index in [2.05, 4.69) is 45.3 Å². The fourth-order valence-corrected chi connectivity index (χ4v) is 4.10. The first kappa shape index (κ1) is 30.5. The number of dihydropyridines is 1. The van der Waals surface area contributed by atoms with E-state index in [4.69, 9.17) is 4.74 Å². The largest absolute Gasteiger partial charge is 0.458 e. The van der Waals surface area contributed by atoms with Crippen molar-refractivity contribution in [3.63, 3.8) is 0 Å². The van der Waals surface area contributed by atoms with Crippen LogP contribution in [-0.4, -0.2) is 29.0 Å². The smallest absolute Gasteiger partial charge is 0.151 e. The summed E-state index contributed by atoms with van der Waals surface area (Å²) in [6.07, 6.45) is 29.5. The van der Waals surface area contributed by atoms with Gasteiger partial charge in [-0.05, 0) is 57.1 Å². The van der Waals surface area contributed by atoms with Crippen molar-refractivity contribution in [1.29, 1.82) is 5.26 Å². The Morgan fingerprint density at radius 2 is 1.98 bits per heavy atom. The Balaban J connectivity index is 0.000000355. The van der Waals surface area contributed by atoms with Gasteiger partial charge in [-0.2, -0.15) is 10.4 Å². The third kappa shape index (κ3) is 8.23. The average Bonchev–Trinajstić information content (AvgIpc) is 3.18. The van der Waals surface area contributed by atoms with Crippen molar-refractivity contribution in [2.45, 2.75) is 46.6 Å². The summed E-state index contributed by atoms with van der Waals surface area (Å²) < 4.78 is 7.79. The second-order valence-corrected chi connectivity index (χ2v) is 9.03. The number of aryl methyl sites for hydroxylation is 1. The van der Waals surface area contributed by atoms with E-state index >= 15 is 0 Å². The van der Waals surface area contributed by atoms with Crippen LogP contribution in [-0.2, 0) is 9.53 Å². The maximum atomic E-state index is 10.1. The molecule has 1 aliphatic heterocycles. The summed E-state index contributed by atoms with van der Waals surface area (Å²) in [6.45, 7) is 8.04. The highest BCUT2D eigenvalue weighted by Gasteiger charge is 2.16. The van der Waals surface area contributed by atoms with E-state index in [1.54, 1.807) is 16.9 Å². The Labute approximate surface area is 242 Å². The molecule has 2 aliphatic carbocycles. The van der Waals surface area contributed by atoms with Gasteiger partial charge in [-0.3, -0.25) is 4.79 Å². The number of carbonyl (C=O) groups excluding carboxylic acids is 1. The van der Waals surface area contributed by atoms with Crippen LogP contribution >= 0.6 is 0 Å². The molecule has 3 N–H and O–H groups in total. The van der Waals surface area contributed by atoms with Gasteiger partial charge in [0.25, 0.3) is 0 Å². The monoisotopic (exact) mass is 550 g/mol.